The summed E-state index contributed by atoms with van der Waals surface area (Å²) in [5, 5.41) is 0. The van der Waals surface area contributed by atoms with E-state index in [1.807, 2.05) is 6.08 Å². The van der Waals surface area contributed by atoms with Gasteiger partial charge in [0.15, 0.2) is 0 Å². The minimum absolute atomic E-state index is 0.670. The van der Waals surface area contributed by atoms with E-state index in [1.165, 1.54) is 6.40 Å². The van der Waals surface area contributed by atoms with Crippen molar-refractivity contribution in [2.75, 3.05) is 6.61 Å². The van der Waals surface area contributed by atoms with Gasteiger partial charge in [-0.3, -0.25) is 0 Å². The first-order valence-corrected chi connectivity index (χ1v) is 1.78. The lowest BCUT2D eigenvalue weighted by atomic mass is 10.6. The number of aliphatic imine (C=N–C) groups is 1. The molecule has 0 atom stereocenters. The molecule has 0 saturated carbocycles. The predicted octanol–water partition coefficient (Wildman–Crippen LogP) is -0.106. The van der Waals surface area contributed by atoms with Crippen LogP contribution in [-0.2, 0) is 4.74 Å². The maximum absolute atomic E-state index is 4.69. The van der Waals surface area contributed by atoms with Crippen molar-refractivity contribution < 1.29 is 4.74 Å². The van der Waals surface area contributed by atoms with E-state index >= 15 is 0 Å². The number of ether oxygens (including phenoxy) is 1. The zero-order valence-electron chi connectivity index (χ0n) is 3.29. The van der Waals surface area contributed by atoms with E-state index < -0.39 is 0 Å². The average Bonchev–Trinajstić information content (AvgIpc) is 1.72. The molecule has 2 heteroatoms. The van der Waals surface area contributed by atoms with Gasteiger partial charge in [-0.25, -0.2) is 0 Å². The highest BCUT2D eigenvalue weighted by Crippen LogP contribution is 1.73. The lowest BCUT2D eigenvalue weighted by Crippen LogP contribution is -1.97. The fourth-order valence-electron chi connectivity index (χ4n) is 0.281. The van der Waals surface area contributed by atoms with Gasteiger partial charge < -0.3 is 4.74 Å². The SMILES string of the molecule is C1=C[N+]=COC1. The van der Waals surface area contributed by atoms with Gasteiger partial charge in [-0.1, -0.05) is 0 Å². The molecule has 2 nitrogen and oxygen atoms in total. The predicted molar refractivity (Wildman–Crippen MR) is 23.3 cm³/mol. The molecule has 31 valence electrons. The van der Waals surface area contributed by atoms with Gasteiger partial charge in [-0.05, 0) is 0 Å². The smallest absolute Gasteiger partial charge is 0.398 e. The topological polar surface area (TPSA) is 23.3 Å². The van der Waals surface area contributed by atoms with Crippen molar-refractivity contribution in [3.8, 4) is 0 Å². The molecule has 0 unspecified atom stereocenters. The maximum atomic E-state index is 4.69. The highest BCUT2D eigenvalue weighted by Gasteiger charge is 1.89. The third-order valence-corrected chi connectivity index (χ3v) is 0.519. The first-order chi connectivity index (χ1) is 3.00. The van der Waals surface area contributed by atoms with Crippen molar-refractivity contribution in [1.82, 2.24) is 4.99 Å². The Morgan fingerprint density at radius 3 is 2.83 bits per heavy atom. The van der Waals surface area contributed by atoms with Crippen LogP contribution in [0.25, 0.3) is 0 Å². The molecule has 0 spiro atoms. The fourth-order valence-corrected chi connectivity index (χ4v) is 0.281. The molecule has 1 rings (SSSR count). The van der Waals surface area contributed by atoms with Crippen LogP contribution in [0.5, 0.6) is 0 Å². The van der Waals surface area contributed by atoms with Crippen LogP contribution in [0, 0.1) is 0 Å². The van der Waals surface area contributed by atoms with Crippen molar-refractivity contribution in [3.05, 3.63) is 12.3 Å². The molecule has 0 saturated heterocycles. The van der Waals surface area contributed by atoms with E-state index in [9.17, 15) is 0 Å². The van der Waals surface area contributed by atoms with Gasteiger partial charge in [-0.2, -0.15) is 0 Å². The number of nitrogens with zero attached hydrogens (tertiary/aromatic N) is 1. The minimum atomic E-state index is 0.670. The number of hydrogen-bond acceptors (Lipinski definition) is 2. The summed E-state index contributed by atoms with van der Waals surface area (Å²) < 4.78 is 4.69. The monoisotopic (exact) mass is 83.0 g/mol. The van der Waals surface area contributed by atoms with Crippen LogP contribution in [0.4, 0.5) is 0 Å². The molecular weight excluding hydrogens is 78.0 g/mol. The van der Waals surface area contributed by atoms with Crippen LogP contribution in [0.2, 0.25) is 0 Å². The summed E-state index contributed by atoms with van der Waals surface area (Å²) in [6.07, 6.45) is 4.99. The Labute approximate surface area is 36.1 Å². The van der Waals surface area contributed by atoms with Crippen LogP contribution in [0.1, 0.15) is 0 Å². The van der Waals surface area contributed by atoms with E-state index in [1.54, 1.807) is 6.20 Å². The Hall–Kier alpha value is -0.790. The zero-order valence-corrected chi connectivity index (χ0v) is 3.29. The molecule has 0 N–H and O–H groups in total. The normalized spacial score (nSPS) is 17.3. The van der Waals surface area contributed by atoms with E-state index in [0.717, 1.165) is 0 Å². The summed E-state index contributed by atoms with van der Waals surface area (Å²) in [5.41, 5.74) is 0. The molecule has 0 bridgehead atoms. The maximum Gasteiger partial charge on any atom is 0.398 e. The summed E-state index contributed by atoms with van der Waals surface area (Å²) in [4.78, 5) is 3.65. The number of rotatable bonds is 0. The van der Waals surface area contributed by atoms with Crippen molar-refractivity contribution in [3.63, 3.8) is 0 Å². The Kier molecular flexibility index (Phi) is 0.906. The van der Waals surface area contributed by atoms with Gasteiger partial charge in [0.25, 0.3) is 0 Å². The lowest BCUT2D eigenvalue weighted by Gasteiger charge is -1.84. The molecule has 6 heavy (non-hydrogen) atoms. The molecule has 0 aromatic carbocycles. The van der Waals surface area contributed by atoms with Gasteiger partial charge in [0.05, 0.1) is 4.99 Å². The first-order valence-electron chi connectivity index (χ1n) is 1.78. The first kappa shape index (κ1) is 3.40. The summed E-state index contributed by atoms with van der Waals surface area (Å²) in [7, 11) is 0. The highest BCUT2D eigenvalue weighted by molar-refractivity contribution is 5.46. The average molecular weight is 83.1 g/mol. The molecule has 0 aromatic rings. The molecule has 0 fully saturated rings. The van der Waals surface area contributed by atoms with Gasteiger partial charge in [-0.15, -0.1) is 0 Å². The Bertz CT molecular complexity index is 73.5. The summed E-state index contributed by atoms with van der Waals surface area (Å²) in [6, 6.07) is 0. The quantitative estimate of drug-likeness (QED) is 0.401. The standard InChI is InChI=1S/C4H5NO/c1-2-5-4-6-3-1/h1-2,4H,3H2/q+1. The van der Waals surface area contributed by atoms with E-state index in [-0.39, 0.29) is 0 Å². The van der Waals surface area contributed by atoms with Gasteiger partial charge in [0.2, 0.25) is 6.20 Å². The molecule has 1 radical (unpaired) electrons. The second-order valence-electron chi connectivity index (χ2n) is 0.973. The third kappa shape index (κ3) is 0.578. The minimum Gasteiger partial charge on any atom is -0.441 e. The van der Waals surface area contributed by atoms with Crippen molar-refractivity contribution in [2.24, 2.45) is 0 Å². The second kappa shape index (κ2) is 1.60. The van der Waals surface area contributed by atoms with E-state index in [4.69, 9.17) is 4.74 Å². The molecule has 1 aliphatic rings. The highest BCUT2D eigenvalue weighted by atomic mass is 16.5. The van der Waals surface area contributed by atoms with E-state index in [2.05, 4.69) is 4.99 Å². The van der Waals surface area contributed by atoms with Gasteiger partial charge in [0, 0.05) is 6.08 Å². The molecule has 1 heterocycles. The van der Waals surface area contributed by atoms with Crippen LogP contribution in [0.15, 0.2) is 12.3 Å². The summed E-state index contributed by atoms with van der Waals surface area (Å²) in [5.74, 6) is 0. The Morgan fingerprint density at radius 2 is 2.67 bits per heavy atom. The van der Waals surface area contributed by atoms with Crippen molar-refractivity contribution >= 4 is 6.40 Å². The fraction of sp³-hybridized carbons (Fsp3) is 0.250. The zero-order chi connectivity index (χ0) is 4.24. The molecule has 0 aromatic heterocycles. The summed E-state index contributed by atoms with van der Waals surface area (Å²) in [6.45, 7) is 0.670. The van der Waals surface area contributed by atoms with Crippen LogP contribution in [0.3, 0.4) is 0 Å². The van der Waals surface area contributed by atoms with Crippen LogP contribution < -0.4 is 4.99 Å². The Balaban J connectivity index is 2.46. The van der Waals surface area contributed by atoms with Crippen molar-refractivity contribution in [1.29, 1.82) is 0 Å². The molecule has 1 aliphatic heterocycles. The van der Waals surface area contributed by atoms with Crippen LogP contribution in [-0.4, -0.2) is 13.0 Å². The molecular formula is C4H5NO+. The lowest BCUT2D eigenvalue weighted by molar-refractivity contribution is 0.359. The van der Waals surface area contributed by atoms with Crippen molar-refractivity contribution in [2.45, 2.75) is 0 Å². The number of hydrogen-bond donors (Lipinski definition) is 0. The third-order valence-electron chi connectivity index (χ3n) is 0.519. The Morgan fingerprint density at radius 1 is 1.67 bits per heavy atom. The molecule has 0 aliphatic carbocycles. The summed E-state index contributed by atoms with van der Waals surface area (Å²) >= 11 is 0. The van der Waals surface area contributed by atoms with Gasteiger partial charge >= 0.3 is 6.40 Å². The van der Waals surface area contributed by atoms with Gasteiger partial charge in [0.1, 0.15) is 6.61 Å². The largest absolute Gasteiger partial charge is 0.441 e. The second-order valence-corrected chi connectivity index (χ2v) is 0.973. The van der Waals surface area contributed by atoms with Crippen LogP contribution >= 0.6 is 0 Å². The molecule has 0 amide bonds. The van der Waals surface area contributed by atoms with E-state index in [0.29, 0.717) is 6.61 Å².